The van der Waals surface area contributed by atoms with Crippen LogP contribution in [-0.4, -0.2) is 48.8 Å². The zero-order valence-electron chi connectivity index (χ0n) is 18.1. The van der Waals surface area contributed by atoms with Gasteiger partial charge in [0, 0.05) is 42.6 Å². The van der Waals surface area contributed by atoms with Gasteiger partial charge in [-0.1, -0.05) is 27.2 Å². The summed E-state index contributed by atoms with van der Waals surface area (Å²) in [6.07, 6.45) is 5.20. The molecule has 0 aromatic heterocycles. The highest BCUT2D eigenvalue weighted by atomic mass is 16.7. The highest BCUT2D eigenvalue weighted by molar-refractivity contribution is 6.00. The number of hydrogen-bond donors (Lipinski definition) is 1. The Bertz CT molecular complexity index is 713. The smallest absolute Gasteiger partial charge is 0.321 e. The Morgan fingerprint density at radius 3 is 2.28 bits per heavy atom. The lowest BCUT2D eigenvalue weighted by Gasteiger charge is -2.38. The van der Waals surface area contributed by atoms with E-state index in [1.165, 1.54) is 0 Å². The first-order valence-corrected chi connectivity index (χ1v) is 10.7. The van der Waals surface area contributed by atoms with Gasteiger partial charge in [-0.3, -0.25) is 4.79 Å². The molecule has 1 spiro atoms. The first-order chi connectivity index (χ1) is 13.8. The maximum absolute atomic E-state index is 12.7. The molecule has 1 aliphatic carbocycles. The Kier molecular flexibility index (Phi) is 6.64. The van der Waals surface area contributed by atoms with Crippen LogP contribution in [0.15, 0.2) is 24.3 Å². The third-order valence-corrected chi connectivity index (χ3v) is 6.29. The first-order valence-electron chi connectivity index (χ1n) is 10.7. The zero-order valence-corrected chi connectivity index (χ0v) is 18.1. The number of Topliss-reactive ketones (excluding diaryl/α,β-unsaturated/α-hetero) is 1. The molecule has 1 aliphatic heterocycles. The van der Waals surface area contributed by atoms with E-state index in [0.29, 0.717) is 24.5 Å². The quantitative estimate of drug-likeness (QED) is 0.691. The van der Waals surface area contributed by atoms with E-state index in [0.717, 1.165) is 38.5 Å². The van der Waals surface area contributed by atoms with Crippen molar-refractivity contribution in [1.29, 1.82) is 0 Å². The molecular weight excluding hydrogens is 368 g/mol. The van der Waals surface area contributed by atoms with E-state index in [9.17, 15) is 9.59 Å². The molecule has 6 nitrogen and oxygen atoms in total. The average Bonchev–Trinajstić information content (AvgIpc) is 3.16. The van der Waals surface area contributed by atoms with Gasteiger partial charge in [-0.25, -0.2) is 4.79 Å². The molecular formula is C23H34N2O4. The van der Waals surface area contributed by atoms with Crippen LogP contribution >= 0.6 is 0 Å². The van der Waals surface area contributed by atoms with Crippen LogP contribution in [0.25, 0.3) is 0 Å². The molecule has 6 heteroatoms. The van der Waals surface area contributed by atoms with E-state index in [1.54, 1.807) is 29.2 Å². The number of amides is 2. The Labute approximate surface area is 173 Å². The number of urea groups is 1. The number of hydrogen-bond acceptors (Lipinski definition) is 4. The summed E-state index contributed by atoms with van der Waals surface area (Å²) in [4.78, 5) is 27.1. The number of nitrogens with one attached hydrogen (secondary N) is 1. The van der Waals surface area contributed by atoms with Crippen LogP contribution in [0.2, 0.25) is 0 Å². The highest BCUT2D eigenvalue weighted by Crippen LogP contribution is 2.37. The monoisotopic (exact) mass is 402 g/mol. The van der Waals surface area contributed by atoms with Gasteiger partial charge in [0.05, 0.1) is 13.2 Å². The molecule has 0 bridgehead atoms. The SMILES string of the molecule is CCCC(C)(C)C(=O)c1ccc(NC(=O)N(C)C2CCC3(CC2)OCCO3)cc1. The van der Waals surface area contributed by atoms with Crippen LogP contribution in [0, 0.1) is 5.41 Å². The van der Waals surface area contributed by atoms with Crippen molar-refractivity contribution in [1.82, 2.24) is 4.90 Å². The third-order valence-electron chi connectivity index (χ3n) is 6.29. The fraction of sp³-hybridized carbons (Fsp3) is 0.652. The lowest BCUT2D eigenvalue weighted by atomic mass is 9.80. The molecule has 160 valence electrons. The number of ether oxygens (including phenoxy) is 2. The summed E-state index contributed by atoms with van der Waals surface area (Å²) in [5.41, 5.74) is 1.01. The number of carbonyl (C=O) groups excluding carboxylic acids is 2. The summed E-state index contributed by atoms with van der Waals surface area (Å²) in [6, 6.07) is 7.24. The molecule has 1 N–H and O–H groups in total. The normalized spacial score (nSPS) is 19.3. The average molecular weight is 403 g/mol. The lowest BCUT2D eigenvalue weighted by molar-refractivity contribution is -0.182. The fourth-order valence-electron chi connectivity index (χ4n) is 4.43. The molecule has 2 fully saturated rings. The van der Waals surface area contributed by atoms with Gasteiger partial charge in [0.15, 0.2) is 11.6 Å². The summed E-state index contributed by atoms with van der Waals surface area (Å²) >= 11 is 0. The van der Waals surface area contributed by atoms with Crippen molar-refractivity contribution in [3.63, 3.8) is 0 Å². The summed E-state index contributed by atoms with van der Waals surface area (Å²) in [5.74, 6) is -0.274. The molecule has 0 radical (unpaired) electrons. The molecule has 1 aromatic rings. The van der Waals surface area contributed by atoms with E-state index < -0.39 is 5.79 Å². The minimum atomic E-state index is -0.415. The van der Waals surface area contributed by atoms with Crippen LogP contribution in [-0.2, 0) is 9.47 Å². The fourth-order valence-corrected chi connectivity index (χ4v) is 4.43. The molecule has 29 heavy (non-hydrogen) atoms. The number of benzene rings is 1. The highest BCUT2D eigenvalue weighted by Gasteiger charge is 2.41. The van der Waals surface area contributed by atoms with E-state index in [4.69, 9.17) is 9.47 Å². The molecule has 3 rings (SSSR count). The van der Waals surface area contributed by atoms with Gasteiger partial charge in [0.1, 0.15) is 0 Å². The van der Waals surface area contributed by atoms with Crippen LogP contribution < -0.4 is 5.32 Å². The molecule has 1 saturated carbocycles. The van der Waals surface area contributed by atoms with Gasteiger partial charge in [-0.2, -0.15) is 0 Å². The van der Waals surface area contributed by atoms with E-state index >= 15 is 0 Å². The van der Waals surface area contributed by atoms with Gasteiger partial charge in [-0.15, -0.1) is 0 Å². The third kappa shape index (κ3) is 4.98. The van der Waals surface area contributed by atoms with Crippen molar-refractivity contribution in [2.45, 2.75) is 71.1 Å². The Balaban J connectivity index is 1.54. The molecule has 2 aliphatic rings. The summed E-state index contributed by atoms with van der Waals surface area (Å²) in [6.45, 7) is 7.38. The maximum Gasteiger partial charge on any atom is 0.321 e. The Hall–Kier alpha value is -1.92. The number of nitrogens with zero attached hydrogens (tertiary/aromatic N) is 1. The Morgan fingerprint density at radius 2 is 1.72 bits per heavy atom. The predicted octanol–water partition coefficient (Wildman–Crippen LogP) is 4.85. The molecule has 0 unspecified atom stereocenters. The zero-order chi connectivity index (χ0) is 21.1. The second-order valence-electron chi connectivity index (χ2n) is 8.92. The van der Waals surface area contributed by atoms with Crippen LogP contribution in [0.4, 0.5) is 10.5 Å². The molecule has 1 aromatic carbocycles. The van der Waals surface area contributed by atoms with Gasteiger partial charge in [0.2, 0.25) is 0 Å². The van der Waals surface area contributed by atoms with Gasteiger partial charge >= 0.3 is 6.03 Å². The lowest BCUT2D eigenvalue weighted by Crippen LogP contribution is -2.46. The number of rotatable bonds is 6. The van der Waals surface area contributed by atoms with Gasteiger partial charge in [0.25, 0.3) is 0 Å². The largest absolute Gasteiger partial charge is 0.348 e. The number of anilines is 1. The van der Waals surface area contributed by atoms with Crippen molar-refractivity contribution >= 4 is 17.5 Å². The molecule has 1 saturated heterocycles. The van der Waals surface area contributed by atoms with Gasteiger partial charge in [-0.05, 0) is 43.5 Å². The van der Waals surface area contributed by atoms with Crippen LogP contribution in [0.5, 0.6) is 0 Å². The summed E-state index contributed by atoms with van der Waals surface area (Å²) < 4.78 is 11.5. The Morgan fingerprint density at radius 1 is 1.14 bits per heavy atom. The minimum Gasteiger partial charge on any atom is -0.348 e. The van der Waals surface area contributed by atoms with Crippen molar-refractivity contribution in [3.8, 4) is 0 Å². The second kappa shape index (κ2) is 8.84. The first kappa shape index (κ1) is 21.8. The number of ketones is 1. The van der Waals surface area contributed by atoms with Crippen molar-refractivity contribution in [3.05, 3.63) is 29.8 Å². The topological polar surface area (TPSA) is 67.9 Å². The summed E-state index contributed by atoms with van der Waals surface area (Å²) in [7, 11) is 1.83. The predicted molar refractivity (Wildman–Crippen MR) is 113 cm³/mol. The van der Waals surface area contributed by atoms with Crippen molar-refractivity contribution in [2.24, 2.45) is 5.41 Å². The number of carbonyl (C=O) groups is 2. The second-order valence-corrected chi connectivity index (χ2v) is 8.92. The van der Waals surface area contributed by atoms with E-state index in [-0.39, 0.29) is 23.3 Å². The van der Waals surface area contributed by atoms with Crippen LogP contribution in [0.3, 0.4) is 0 Å². The molecule has 0 atom stereocenters. The molecule has 1 heterocycles. The van der Waals surface area contributed by atoms with Crippen molar-refractivity contribution in [2.75, 3.05) is 25.6 Å². The van der Waals surface area contributed by atoms with Crippen LogP contribution in [0.1, 0.15) is 69.7 Å². The summed E-state index contributed by atoms with van der Waals surface area (Å²) in [5, 5.41) is 2.94. The van der Waals surface area contributed by atoms with Crippen molar-refractivity contribution < 1.29 is 19.1 Å². The minimum absolute atomic E-state index is 0.135. The standard InChI is InChI=1S/C23H34N2O4/c1-5-12-22(2,3)20(26)17-6-8-18(9-7-17)24-21(27)25(4)19-10-13-23(14-11-19)28-15-16-29-23/h6-9,19H,5,10-16H2,1-4H3,(H,24,27). The molecule has 2 amide bonds. The van der Waals surface area contributed by atoms with Gasteiger partial charge < -0.3 is 19.7 Å². The van der Waals surface area contributed by atoms with E-state index in [1.807, 2.05) is 20.9 Å². The maximum atomic E-state index is 12.7. The van der Waals surface area contributed by atoms with E-state index in [2.05, 4.69) is 12.2 Å².